The lowest BCUT2D eigenvalue weighted by atomic mass is 9.89. The Hall–Kier alpha value is -2.24. The molecule has 156 valence electrons. The van der Waals surface area contributed by atoms with E-state index in [1.54, 1.807) is 41.3 Å². The summed E-state index contributed by atoms with van der Waals surface area (Å²) in [6, 6.07) is 12.3. The number of aryl methyl sites for hydroxylation is 1. The van der Waals surface area contributed by atoms with Crippen LogP contribution in [0, 0.1) is 0 Å². The summed E-state index contributed by atoms with van der Waals surface area (Å²) in [7, 11) is 0. The van der Waals surface area contributed by atoms with Crippen molar-refractivity contribution >= 4 is 17.7 Å². The van der Waals surface area contributed by atoms with E-state index in [-0.39, 0.29) is 18.4 Å². The number of carbonyl (C=O) groups is 1. The molecule has 0 saturated heterocycles. The second-order valence-corrected chi connectivity index (χ2v) is 8.99. The Balaban J connectivity index is 1.69. The first kappa shape index (κ1) is 21.5. The van der Waals surface area contributed by atoms with Crippen LogP contribution in [0.2, 0.25) is 5.02 Å². The molecule has 0 saturated carbocycles. The zero-order chi connectivity index (χ0) is 21.2. The summed E-state index contributed by atoms with van der Waals surface area (Å²) < 4.78 is 5.81. The van der Waals surface area contributed by atoms with Crippen LogP contribution in [0.15, 0.2) is 42.5 Å². The summed E-state index contributed by atoms with van der Waals surface area (Å²) in [6.07, 6.45) is 0.571. The molecule has 29 heavy (non-hydrogen) atoms. The molecular formula is C23H28ClNO4. The zero-order valence-corrected chi connectivity index (χ0v) is 17.8. The summed E-state index contributed by atoms with van der Waals surface area (Å²) in [5.74, 6) is 0.220. The number of nitrogens with zero attached hydrogens (tertiary/aromatic N) is 1. The third kappa shape index (κ3) is 5.43. The molecule has 1 aliphatic carbocycles. The lowest BCUT2D eigenvalue weighted by Gasteiger charge is -2.37. The topological polar surface area (TPSA) is 70.0 Å². The van der Waals surface area contributed by atoms with Crippen LogP contribution in [0.1, 0.15) is 50.0 Å². The maximum absolute atomic E-state index is 13.0. The molecule has 0 aliphatic heterocycles. The number of aliphatic hydroxyl groups excluding tert-OH is 1. The Morgan fingerprint density at radius 1 is 1.21 bits per heavy atom. The number of fused-ring (bicyclic) bond motifs is 1. The van der Waals surface area contributed by atoms with Gasteiger partial charge in [0.15, 0.2) is 0 Å². The van der Waals surface area contributed by atoms with Crippen molar-refractivity contribution < 1.29 is 19.7 Å². The minimum absolute atomic E-state index is 0.119. The van der Waals surface area contributed by atoms with Gasteiger partial charge in [-0.05, 0) is 74.6 Å². The number of β-amino-alcohol motifs (C(OH)–C–C–N with tert-alkyl or cyclic N) is 1. The number of hydrogen-bond donors (Lipinski definition) is 2. The molecule has 6 heteroatoms. The highest BCUT2D eigenvalue weighted by Crippen LogP contribution is 2.28. The molecule has 2 aromatic carbocycles. The molecule has 1 amide bonds. The van der Waals surface area contributed by atoms with Crippen molar-refractivity contribution in [3.8, 4) is 5.75 Å². The second kappa shape index (κ2) is 8.64. The Morgan fingerprint density at radius 3 is 2.55 bits per heavy atom. The normalized spacial score (nSPS) is 17.3. The van der Waals surface area contributed by atoms with Gasteiger partial charge in [-0.25, -0.2) is 4.79 Å². The molecule has 0 unspecified atom stereocenters. The van der Waals surface area contributed by atoms with Gasteiger partial charge >= 0.3 is 6.09 Å². The van der Waals surface area contributed by atoms with Crippen molar-refractivity contribution in [1.82, 2.24) is 4.90 Å². The van der Waals surface area contributed by atoms with E-state index in [0.29, 0.717) is 17.0 Å². The first-order valence-electron chi connectivity index (χ1n) is 9.86. The summed E-state index contributed by atoms with van der Waals surface area (Å²) in [4.78, 5) is 14.5. The number of ether oxygens (including phenoxy) is 1. The fourth-order valence-electron chi connectivity index (χ4n) is 3.60. The maximum atomic E-state index is 13.0. The maximum Gasteiger partial charge on any atom is 0.410 e. The SMILES string of the molecule is CC(C)(C)N(C[C@H](O)c1ccc(Cl)cc1)C(=O)O[C@H]1CCc2ccc(O)cc2C1. The van der Waals surface area contributed by atoms with Gasteiger partial charge in [0.05, 0.1) is 12.6 Å². The molecule has 5 nitrogen and oxygen atoms in total. The fraction of sp³-hybridized carbons (Fsp3) is 0.435. The van der Waals surface area contributed by atoms with Crippen LogP contribution >= 0.6 is 11.6 Å². The summed E-state index contributed by atoms with van der Waals surface area (Å²) >= 11 is 5.92. The first-order chi connectivity index (χ1) is 13.6. The molecule has 1 aliphatic rings. The Kier molecular flexibility index (Phi) is 6.39. The van der Waals surface area contributed by atoms with Gasteiger partial charge in [-0.15, -0.1) is 0 Å². The molecule has 3 rings (SSSR count). The lowest BCUT2D eigenvalue weighted by molar-refractivity contribution is 0.0127. The van der Waals surface area contributed by atoms with E-state index in [1.807, 2.05) is 26.8 Å². The third-order valence-electron chi connectivity index (χ3n) is 5.28. The van der Waals surface area contributed by atoms with Crippen LogP contribution in [-0.2, 0) is 17.6 Å². The van der Waals surface area contributed by atoms with Crippen LogP contribution in [-0.4, -0.2) is 39.4 Å². The van der Waals surface area contributed by atoms with E-state index < -0.39 is 17.7 Å². The molecule has 0 fully saturated rings. The van der Waals surface area contributed by atoms with Gasteiger partial charge in [0.25, 0.3) is 0 Å². The summed E-state index contributed by atoms with van der Waals surface area (Å²) in [6.45, 7) is 5.86. The number of halogens is 1. The highest BCUT2D eigenvalue weighted by molar-refractivity contribution is 6.30. The molecule has 0 heterocycles. The van der Waals surface area contributed by atoms with Gasteiger partial charge < -0.3 is 19.8 Å². The smallest absolute Gasteiger partial charge is 0.410 e. The van der Waals surface area contributed by atoms with Gasteiger partial charge in [-0.3, -0.25) is 0 Å². The van der Waals surface area contributed by atoms with E-state index in [9.17, 15) is 15.0 Å². The molecule has 0 bridgehead atoms. The largest absolute Gasteiger partial charge is 0.508 e. The lowest BCUT2D eigenvalue weighted by Crippen LogP contribution is -2.49. The minimum atomic E-state index is -0.844. The van der Waals surface area contributed by atoms with Crippen LogP contribution in [0.25, 0.3) is 0 Å². The average molecular weight is 418 g/mol. The van der Waals surface area contributed by atoms with Gasteiger partial charge in [-0.1, -0.05) is 29.8 Å². The summed E-state index contributed by atoms with van der Waals surface area (Å²) in [5.41, 5.74) is 2.37. The number of benzene rings is 2. The average Bonchev–Trinajstić information content (AvgIpc) is 2.65. The predicted molar refractivity (Wildman–Crippen MR) is 113 cm³/mol. The number of phenols is 1. The third-order valence-corrected chi connectivity index (χ3v) is 5.53. The van der Waals surface area contributed by atoms with Crippen molar-refractivity contribution in [2.24, 2.45) is 0 Å². The van der Waals surface area contributed by atoms with Gasteiger partial charge in [0.1, 0.15) is 11.9 Å². The van der Waals surface area contributed by atoms with Crippen LogP contribution in [0.3, 0.4) is 0 Å². The second-order valence-electron chi connectivity index (χ2n) is 8.55. The number of carbonyl (C=O) groups excluding carboxylic acids is 1. The molecule has 0 spiro atoms. The monoisotopic (exact) mass is 417 g/mol. The van der Waals surface area contributed by atoms with Crippen molar-refractivity contribution in [1.29, 1.82) is 0 Å². The Morgan fingerprint density at radius 2 is 1.90 bits per heavy atom. The number of rotatable bonds is 4. The molecule has 2 atom stereocenters. The predicted octanol–water partition coefficient (Wildman–Crippen LogP) is 4.87. The van der Waals surface area contributed by atoms with Gasteiger partial charge in [-0.2, -0.15) is 0 Å². The quantitative estimate of drug-likeness (QED) is 0.744. The molecule has 0 radical (unpaired) electrons. The van der Waals surface area contributed by atoms with Crippen molar-refractivity contribution in [2.75, 3.05) is 6.54 Å². The van der Waals surface area contributed by atoms with Crippen molar-refractivity contribution in [3.05, 3.63) is 64.2 Å². The van der Waals surface area contributed by atoms with Crippen molar-refractivity contribution in [3.63, 3.8) is 0 Å². The summed E-state index contributed by atoms with van der Waals surface area (Å²) in [5, 5.41) is 21.0. The number of hydrogen-bond acceptors (Lipinski definition) is 4. The Labute approximate surface area is 176 Å². The van der Waals surface area contributed by atoms with E-state index >= 15 is 0 Å². The Bertz CT molecular complexity index is 860. The number of aromatic hydroxyl groups is 1. The van der Waals surface area contributed by atoms with Crippen LogP contribution in [0.5, 0.6) is 5.75 Å². The van der Waals surface area contributed by atoms with Gasteiger partial charge in [0.2, 0.25) is 0 Å². The molecule has 2 N–H and O–H groups in total. The zero-order valence-electron chi connectivity index (χ0n) is 17.1. The van der Waals surface area contributed by atoms with E-state index in [4.69, 9.17) is 16.3 Å². The van der Waals surface area contributed by atoms with Gasteiger partial charge in [0, 0.05) is 17.0 Å². The first-order valence-corrected chi connectivity index (χ1v) is 10.2. The molecular weight excluding hydrogens is 390 g/mol. The minimum Gasteiger partial charge on any atom is -0.508 e. The highest BCUT2D eigenvalue weighted by Gasteiger charge is 2.32. The van der Waals surface area contributed by atoms with Crippen LogP contribution < -0.4 is 0 Å². The number of amides is 1. The molecule has 0 aromatic heterocycles. The standard InChI is InChI=1S/C23H28ClNO4/c1-23(2,3)25(14-21(27)16-4-8-18(24)9-5-16)22(28)29-20-11-7-15-6-10-19(26)12-17(15)13-20/h4-6,8-10,12,20-21,26-27H,7,11,13-14H2,1-3H3/t20-,21-/m0/s1. The fourth-order valence-corrected chi connectivity index (χ4v) is 3.73. The number of aliphatic hydroxyl groups is 1. The van der Waals surface area contributed by atoms with Crippen molar-refractivity contribution in [2.45, 2.75) is 57.8 Å². The molecule has 2 aromatic rings. The van der Waals surface area contributed by atoms with E-state index in [2.05, 4.69) is 0 Å². The van der Waals surface area contributed by atoms with Crippen LogP contribution in [0.4, 0.5) is 4.79 Å². The van der Waals surface area contributed by atoms with E-state index in [0.717, 1.165) is 18.4 Å². The van der Waals surface area contributed by atoms with E-state index in [1.165, 1.54) is 5.56 Å². The number of phenolic OH excluding ortho intramolecular Hbond substituents is 1. The highest BCUT2D eigenvalue weighted by atomic mass is 35.5.